The summed E-state index contributed by atoms with van der Waals surface area (Å²) in [5, 5.41) is 5.87. The monoisotopic (exact) mass is 468 g/mol. The second-order valence-corrected chi connectivity index (χ2v) is 9.08. The number of nitrogens with one attached hydrogen (secondary N) is 2. The van der Waals surface area contributed by atoms with Crippen LogP contribution in [0.25, 0.3) is 0 Å². The van der Waals surface area contributed by atoms with Crippen molar-refractivity contribution in [1.82, 2.24) is 10.2 Å². The Morgan fingerprint density at radius 1 is 0.941 bits per heavy atom. The predicted molar refractivity (Wildman–Crippen MR) is 135 cm³/mol. The van der Waals surface area contributed by atoms with E-state index in [9.17, 15) is 9.59 Å². The highest BCUT2D eigenvalue weighted by molar-refractivity contribution is 6.02. The second kappa shape index (κ2) is 11.2. The van der Waals surface area contributed by atoms with Crippen LogP contribution in [0.3, 0.4) is 0 Å². The molecular formula is C26H36N4O4. The SMILES string of the molecule is COc1cc(OC)cc(C(=O)N[C@@H](C(=O)Nc2ccc(N3CCN(C)CC3)cc2C)C(C)C)c1. The number of amides is 2. The van der Waals surface area contributed by atoms with Crippen molar-refractivity contribution in [3.8, 4) is 11.5 Å². The summed E-state index contributed by atoms with van der Waals surface area (Å²) < 4.78 is 10.5. The third-order valence-corrected chi connectivity index (χ3v) is 6.19. The van der Waals surface area contributed by atoms with Gasteiger partial charge in [-0.15, -0.1) is 0 Å². The number of nitrogens with zero attached hydrogens (tertiary/aromatic N) is 2. The normalized spacial score (nSPS) is 15.1. The van der Waals surface area contributed by atoms with Crippen LogP contribution in [0.2, 0.25) is 0 Å². The molecule has 0 unspecified atom stereocenters. The molecule has 1 atom stereocenters. The summed E-state index contributed by atoms with van der Waals surface area (Å²) in [5.41, 5.74) is 3.24. The van der Waals surface area contributed by atoms with Crippen molar-refractivity contribution in [2.24, 2.45) is 5.92 Å². The maximum absolute atomic E-state index is 13.2. The number of carbonyl (C=O) groups excluding carboxylic acids is 2. The first-order chi connectivity index (χ1) is 16.2. The van der Waals surface area contributed by atoms with Crippen LogP contribution in [0, 0.1) is 12.8 Å². The fourth-order valence-electron chi connectivity index (χ4n) is 3.96. The van der Waals surface area contributed by atoms with Gasteiger partial charge < -0.3 is 29.9 Å². The van der Waals surface area contributed by atoms with Gasteiger partial charge in [0.25, 0.3) is 5.91 Å². The van der Waals surface area contributed by atoms with Gasteiger partial charge in [-0.05, 0) is 55.8 Å². The van der Waals surface area contributed by atoms with Crippen LogP contribution in [0.15, 0.2) is 36.4 Å². The Bertz CT molecular complexity index is 994. The Kier molecular flexibility index (Phi) is 8.39. The molecule has 1 heterocycles. The number of likely N-dealkylation sites (N-methyl/N-ethyl adjacent to an activating group) is 1. The van der Waals surface area contributed by atoms with E-state index in [1.54, 1.807) is 18.2 Å². The molecule has 0 aromatic heterocycles. The van der Waals surface area contributed by atoms with E-state index in [0.29, 0.717) is 17.1 Å². The van der Waals surface area contributed by atoms with Crippen LogP contribution >= 0.6 is 0 Å². The van der Waals surface area contributed by atoms with Crippen molar-refractivity contribution in [3.05, 3.63) is 47.5 Å². The number of ether oxygens (including phenoxy) is 2. The molecule has 2 amide bonds. The largest absolute Gasteiger partial charge is 0.497 e. The van der Waals surface area contributed by atoms with Gasteiger partial charge in [0, 0.05) is 49.2 Å². The molecule has 1 fully saturated rings. The minimum absolute atomic E-state index is 0.110. The lowest BCUT2D eigenvalue weighted by atomic mass is 10.0. The van der Waals surface area contributed by atoms with E-state index in [0.717, 1.165) is 43.1 Å². The van der Waals surface area contributed by atoms with Gasteiger partial charge in [-0.2, -0.15) is 0 Å². The van der Waals surface area contributed by atoms with Crippen molar-refractivity contribution in [2.45, 2.75) is 26.8 Å². The summed E-state index contributed by atoms with van der Waals surface area (Å²) in [7, 11) is 5.19. The number of aryl methyl sites for hydroxylation is 1. The van der Waals surface area contributed by atoms with Crippen molar-refractivity contribution >= 4 is 23.2 Å². The van der Waals surface area contributed by atoms with E-state index in [4.69, 9.17) is 9.47 Å². The summed E-state index contributed by atoms with van der Waals surface area (Å²) >= 11 is 0. The second-order valence-electron chi connectivity index (χ2n) is 9.08. The van der Waals surface area contributed by atoms with Crippen molar-refractivity contribution in [2.75, 3.05) is 57.7 Å². The average molecular weight is 469 g/mol. The van der Waals surface area contributed by atoms with E-state index in [1.807, 2.05) is 32.9 Å². The van der Waals surface area contributed by atoms with Crippen LogP contribution in [0.1, 0.15) is 29.8 Å². The smallest absolute Gasteiger partial charge is 0.252 e. The molecule has 2 N–H and O–H groups in total. The standard InChI is InChI=1S/C26H36N4O4/c1-17(2)24(28-25(31)19-14-21(33-5)16-22(15-19)34-6)26(32)27-23-8-7-20(13-18(23)3)30-11-9-29(4)10-12-30/h7-8,13-17,24H,9-12H2,1-6H3,(H,27,32)(H,28,31)/t24-/m1/s1. The number of methoxy groups -OCH3 is 2. The molecule has 1 saturated heterocycles. The Hall–Kier alpha value is -3.26. The lowest BCUT2D eigenvalue weighted by Crippen LogP contribution is -2.47. The first-order valence-corrected chi connectivity index (χ1v) is 11.6. The zero-order chi connectivity index (χ0) is 24.8. The van der Waals surface area contributed by atoms with E-state index in [-0.39, 0.29) is 17.7 Å². The molecule has 3 rings (SSSR count). The van der Waals surface area contributed by atoms with Crippen LogP contribution in [0.4, 0.5) is 11.4 Å². The molecule has 0 radical (unpaired) electrons. The number of benzene rings is 2. The highest BCUT2D eigenvalue weighted by Gasteiger charge is 2.26. The zero-order valence-corrected chi connectivity index (χ0v) is 21.0. The number of carbonyl (C=O) groups is 2. The first-order valence-electron chi connectivity index (χ1n) is 11.6. The summed E-state index contributed by atoms with van der Waals surface area (Å²) in [6, 6.07) is 10.3. The number of piperazine rings is 1. The highest BCUT2D eigenvalue weighted by atomic mass is 16.5. The fraction of sp³-hybridized carbons (Fsp3) is 0.462. The van der Waals surface area contributed by atoms with Crippen LogP contribution in [-0.2, 0) is 4.79 Å². The van der Waals surface area contributed by atoms with Gasteiger partial charge in [-0.1, -0.05) is 13.8 Å². The predicted octanol–water partition coefficient (Wildman–Crippen LogP) is 3.16. The summed E-state index contributed by atoms with van der Waals surface area (Å²) in [6.07, 6.45) is 0. The molecule has 2 aromatic rings. The molecule has 184 valence electrons. The number of anilines is 2. The summed E-state index contributed by atoms with van der Waals surface area (Å²) in [5.74, 6) is 0.278. The molecule has 8 heteroatoms. The molecule has 0 aliphatic carbocycles. The van der Waals surface area contributed by atoms with Gasteiger partial charge in [0.1, 0.15) is 17.5 Å². The van der Waals surface area contributed by atoms with Crippen molar-refractivity contribution in [3.63, 3.8) is 0 Å². The lowest BCUT2D eigenvalue weighted by molar-refractivity contribution is -0.118. The maximum atomic E-state index is 13.2. The fourth-order valence-corrected chi connectivity index (χ4v) is 3.96. The van der Waals surface area contributed by atoms with E-state index in [1.165, 1.54) is 14.2 Å². The quantitative estimate of drug-likeness (QED) is 0.619. The van der Waals surface area contributed by atoms with Crippen molar-refractivity contribution in [1.29, 1.82) is 0 Å². The number of rotatable bonds is 8. The van der Waals surface area contributed by atoms with Gasteiger partial charge in [-0.3, -0.25) is 9.59 Å². The molecule has 1 aliphatic heterocycles. The third-order valence-electron chi connectivity index (χ3n) is 6.19. The van der Waals surface area contributed by atoms with Gasteiger partial charge in [0.05, 0.1) is 14.2 Å². The van der Waals surface area contributed by atoms with Crippen LogP contribution in [-0.4, -0.2) is 70.2 Å². The lowest BCUT2D eigenvalue weighted by Gasteiger charge is -2.34. The van der Waals surface area contributed by atoms with E-state index in [2.05, 4.69) is 33.5 Å². The van der Waals surface area contributed by atoms with Crippen molar-refractivity contribution < 1.29 is 19.1 Å². The summed E-state index contributed by atoms with van der Waals surface area (Å²) in [4.78, 5) is 30.8. The zero-order valence-electron chi connectivity index (χ0n) is 21.0. The van der Waals surface area contributed by atoms with Gasteiger partial charge >= 0.3 is 0 Å². The number of hydrogen-bond acceptors (Lipinski definition) is 6. The van der Waals surface area contributed by atoms with E-state index < -0.39 is 6.04 Å². The Morgan fingerprint density at radius 2 is 1.56 bits per heavy atom. The molecule has 0 spiro atoms. The first kappa shape index (κ1) is 25.4. The van der Waals surface area contributed by atoms with Crippen LogP contribution < -0.4 is 25.0 Å². The van der Waals surface area contributed by atoms with Gasteiger partial charge in [0.15, 0.2) is 0 Å². The van der Waals surface area contributed by atoms with Gasteiger partial charge in [0.2, 0.25) is 5.91 Å². The topological polar surface area (TPSA) is 83.1 Å². The molecule has 34 heavy (non-hydrogen) atoms. The minimum atomic E-state index is -0.707. The molecule has 0 bridgehead atoms. The molecule has 1 aliphatic rings. The molecule has 8 nitrogen and oxygen atoms in total. The third kappa shape index (κ3) is 6.20. The Morgan fingerprint density at radius 3 is 2.09 bits per heavy atom. The van der Waals surface area contributed by atoms with Crippen LogP contribution in [0.5, 0.6) is 11.5 Å². The highest BCUT2D eigenvalue weighted by Crippen LogP contribution is 2.25. The Labute approximate surface area is 202 Å². The number of hydrogen-bond donors (Lipinski definition) is 2. The molecule has 2 aromatic carbocycles. The maximum Gasteiger partial charge on any atom is 0.252 e. The van der Waals surface area contributed by atoms with Gasteiger partial charge in [-0.25, -0.2) is 0 Å². The molecular weight excluding hydrogens is 432 g/mol. The Balaban J connectivity index is 1.71. The van der Waals surface area contributed by atoms with E-state index >= 15 is 0 Å². The minimum Gasteiger partial charge on any atom is -0.497 e. The molecule has 0 saturated carbocycles. The average Bonchev–Trinajstić information content (AvgIpc) is 2.83. The summed E-state index contributed by atoms with van der Waals surface area (Å²) in [6.45, 7) is 9.83.